The number of ether oxygens (including phenoxy) is 1. The molecule has 0 saturated heterocycles. The summed E-state index contributed by atoms with van der Waals surface area (Å²) in [4.78, 5) is 25.5. The van der Waals surface area contributed by atoms with Crippen LogP contribution in [-0.2, 0) is 9.53 Å². The largest absolute Gasteiger partial charge is 0.449 e. The minimum Gasteiger partial charge on any atom is -0.449 e. The molecule has 0 saturated carbocycles. The van der Waals surface area contributed by atoms with Crippen molar-refractivity contribution in [1.29, 1.82) is 0 Å². The maximum absolute atomic E-state index is 12.8. The van der Waals surface area contributed by atoms with Gasteiger partial charge in [-0.1, -0.05) is 72.3 Å². The van der Waals surface area contributed by atoms with Gasteiger partial charge in [0.1, 0.15) is 12.6 Å². The molecule has 0 fully saturated rings. The number of carbonyl (C=O) groups is 2. The van der Waals surface area contributed by atoms with E-state index in [0.717, 1.165) is 11.1 Å². The zero-order chi connectivity index (χ0) is 23.2. The number of carbonyl (C=O) groups excluding carboxylic acids is 2. The van der Waals surface area contributed by atoms with E-state index in [-0.39, 0.29) is 18.4 Å². The highest BCUT2D eigenvalue weighted by molar-refractivity contribution is 7.98. The third-order valence-corrected chi connectivity index (χ3v) is 6.67. The fourth-order valence-corrected chi connectivity index (χ4v) is 4.72. The van der Waals surface area contributed by atoms with Crippen molar-refractivity contribution >= 4 is 41.1 Å². The predicted octanol–water partition coefficient (Wildman–Crippen LogP) is 5.94. The number of halogens is 1. The molecule has 1 aliphatic carbocycles. The summed E-state index contributed by atoms with van der Waals surface area (Å²) in [5.41, 5.74) is 5.12. The number of benzene rings is 3. The van der Waals surface area contributed by atoms with Gasteiger partial charge in [-0.2, -0.15) is 11.8 Å². The predicted molar refractivity (Wildman–Crippen MR) is 135 cm³/mol. The summed E-state index contributed by atoms with van der Waals surface area (Å²) in [5.74, 6) is 0.347. The quantitative estimate of drug-likeness (QED) is 0.418. The fourth-order valence-electron chi connectivity index (χ4n) is 4.07. The van der Waals surface area contributed by atoms with Crippen molar-refractivity contribution < 1.29 is 14.3 Å². The van der Waals surface area contributed by atoms with Gasteiger partial charge in [-0.15, -0.1) is 0 Å². The van der Waals surface area contributed by atoms with Crippen LogP contribution in [0.15, 0.2) is 72.8 Å². The number of para-hydroxylation sites is 1. The second-order valence-corrected chi connectivity index (χ2v) is 9.17. The highest BCUT2D eigenvalue weighted by atomic mass is 35.5. The van der Waals surface area contributed by atoms with Gasteiger partial charge in [-0.25, -0.2) is 4.79 Å². The first-order valence-electron chi connectivity index (χ1n) is 10.7. The first-order valence-corrected chi connectivity index (χ1v) is 12.5. The molecule has 3 aromatic carbocycles. The molecule has 170 valence electrons. The molecule has 4 rings (SSSR count). The van der Waals surface area contributed by atoms with Gasteiger partial charge in [-0.05, 0) is 52.8 Å². The summed E-state index contributed by atoms with van der Waals surface area (Å²) in [6, 6.07) is 22.6. The van der Waals surface area contributed by atoms with Gasteiger partial charge in [0.15, 0.2) is 0 Å². The van der Waals surface area contributed by atoms with Crippen LogP contribution in [0, 0.1) is 0 Å². The van der Waals surface area contributed by atoms with E-state index < -0.39 is 12.1 Å². The summed E-state index contributed by atoms with van der Waals surface area (Å²) in [6.07, 6.45) is 1.81. The van der Waals surface area contributed by atoms with Crippen LogP contribution in [0.25, 0.3) is 11.1 Å². The minimum absolute atomic E-state index is 0.0373. The van der Waals surface area contributed by atoms with E-state index in [1.54, 1.807) is 36.0 Å². The molecule has 0 spiro atoms. The number of thioether (sulfide) groups is 1. The van der Waals surface area contributed by atoms with Crippen LogP contribution in [0.2, 0.25) is 5.02 Å². The van der Waals surface area contributed by atoms with Crippen molar-refractivity contribution in [3.05, 3.63) is 88.9 Å². The molecule has 1 aliphatic rings. The SMILES string of the molecule is CSCC[C@H](NC(=O)OCC1c2ccccc2-c2ccccc21)C(=O)Nc1ccccc1Cl. The molecule has 0 aromatic heterocycles. The monoisotopic (exact) mass is 480 g/mol. The number of amides is 2. The van der Waals surface area contributed by atoms with E-state index in [9.17, 15) is 9.59 Å². The minimum atomic E-state index is -0.732. The van der Waals surface area contributed by atoms with Crippen LogP contribution >= 0.6 is 23.4 Å². The first-order chi connectivity index (χ1) is 16.1. The van der Waals surface area contributed by atoms with Crippen molar-refractivity contribution in [2.24, 2.45) is 0 Å². The molecule has 0 bridgehead atoms. The number of hydrogen-bond acceptors (Lipinski definition) is 4. The Bertz CT molecular complexity index is 1110. The lowest BCUT2D eigenvalue weighted by Crippen LogP contribution is -2.44. The first kappa shape index (κ1) is 23.2. The van der Waals surface area contributed by atoms with E-state index in [1.807, 2.05) is 30.5 Å². The summed E-state index contributed by atoms with van der Waals surface area (Å²) in [7, 11) is 0. The molecular weight excluding hydrogens is 456 g/mol. The molecule has 3 aromatic rings. The smallest absolute Gasteiger partial charge is 0.407 e. The van der Waals surface area contributed by atoms with Crippen molar-refractivity contribution in [3.63, 3.8) is 0 Å². The third kappa shape index (κ3) is 5.34. The molecule has 0 radical (unpaired) electrons. The van der Waals surface area contributed by atoms with Gasteiger partial charge in [0.25, 0.3) is 0 Å². The topological polar surface area (TPSA) is 67.4 Å². The molecule has 7 heteroatoms. The summed E-state index contributed by atoms with van der Waals surface area (Å²) in [5, 5.41) is 5.97. The maximum Gasteiger partial charge on any atom is 0.407 e. The lowest BCUT2D eigenvalue weighted by atomic mass is 9.98. The maximum atomic E-state index is 12.8. The van der Waals surface area contributed by atoms with Crippen LogP contribution in [-0.4, -0.2) is 36.7 Å². The second kappa shape index (κ2) is 10.8. The van der Waals surface area contributed by atoms with Gasteiger partial charge in [0, 0.05) is 5.92 Å². The standard InChI is InChI=1S/C26H25ClN2O3S/c1-33-15-14-24(25(30)28-23-13-7-6-12-22(23)27)29-26(31)32-16-21-19-10-4-2-8-17(19)18-9-3-5-11-20(18)21/h2-13,21,24H,14-16H2,1H3,(H,28,30)(H,29,31)/t24-/m0/s1. The number of alkyl carbamates (subject to hydrolysis) is 1. The Morgan fingerprint density at radius 2 is 1.58 bits per heavy atom. The number of nitrogens with one attached hydrogen (secondary N) is 2. The normalized spacial score (nSPS) is 13.0. The molecule has 0 heterocycles. The lowest BCUT2D eigenvalue weighted by Gasteiger charge is -2.20. The van der Waals surface area contributed by atoms with E-state index in [1.165, 1.54) is 11.1 Å². The van der Waals surface area contributed by atoms with Crippen LogP contribution < -0.4 is 10.6 Å². The summed E-state index contributed by atoms with van der Waals surface area (Å²) < 4.78 is 5.61. The van der Waals surface area contributed by atoms with Crippen molar-refractivity contribution in [2.45, 2.75) is 18.4 Å². The Kier molecular flexibility index (Phi) is 7.57. The molecule has 2 N–H and O–H groups in total. The van der Waals surface area contributed by atoms with E-state index in [4.69, 9.17) is 16.3 Å². The molecule has 33 heavy (non-hydrogen) atoms. The van der Waals surface area contributed by atoms with Crippen molar-refractivity contribution in [1.82, 2.24) is 5.32 Å². The Labute approximate surface area is 202 Å². The van der Waals surface area contributed by atoms with E-state index in [2.05, 4.69) is 34.9 Å². The zero-order valence-electron chi connectivity index (χ0n) is 18.2. The number of rotatable bonds is 8. The van der Waals surface area contributed by atoms with Crippen molar-refractivity contribution in [3.8, 4) is 11.1 Å². The lowest BCUT2D eigenvalue weighted by molar-refractivity contribution is -0.118. The second-order valence-electron chi connectivity index (χ2n) is 7.77. The fraction of sp³-hybridized carbons (Fsp3) is 0.231. The van der Waals surface area contributed by atoms with Crippen molar-refractivity contribution in [2.75, 3.05) is 23.9 Å². The molecule has 5 nitrogen and oxygen atoms in total. The highest BCUT2D eigenvalue weighted by Crippen LogP contribution is 2.44. The summed E-state index contributed by atoms with van der Waals surface area (Å²) >= 11 is 7.76. The molecule has 0 aliphatic heterocycles. The Balaban J connectivity index is 1.42. The molecule has 2 amide bonds. The molecular formula is C26H25ClN2O3S. The Hall–Kier alpha value is -2.96. The number of anilines is 1. The average molecular weight is 481 g/mol. The Morgan fingerprint density at radius 3 is 2.21 bits per heavy atom. The Morgan fingerprint density at radius 1 is 0.970 bits per heavy atom. The van der Waals surface area contributed by atoms with Crippen LogP contribution in [0.4, 0.5) is 10.5 Å². The van der Waals surface area contributed by atoms with Gasteiger partial charge in [-0.3, -0.25) is 4.79 Å². The van der Waals surface area contributed by atoms with Gasteiger partial charge in [0.2, 0.25) is 5.91 Å². The molecule has 1 atom stereocenters. The van der Waals surface area contributed by atoms with E-state index in [0.29, 0.717) is 22.9 Å². The van der Waals surface area contributed by atoms with Crippen LogP contribution in [0.3, 0.4) is 0 Å². The van der Waals surface area contributed by atoms with E-state index >= 15 is 0 Å². The highest BCUT2D eigenvalue weighted by Gasteiger charge is 2.29. The zero-order valence-corrected chi connectivity index (χ0v) is 19.8. The number of fused-ring (bicyclic) bond motifs is 3. The molecule has 0 unspecified atom stereocenters. The van der Waals surface area contributed by atoms with Gasteiger partial charge in [0.05, 0.1) is 10.7 Å². The summed E-state index contributed by atoms with van der Waals surface area (Å²) in [6.45, 7) is 0.196. The van der Waals surface area contributed by atoms with Gasteiger partial charge < -0.3 is 15.4 Å². The van der Waals surface area contributed by atoms with Gasteiger partial charge >= 0.3 is 6.09 Å². The number of hydrogen-bond donors (Lipinski definition) is 2. The van der Waals surface area contributed by atoms with Crippen LogP contribution in [0.5, 0.6) is 0 Å². The third-order valence-electron chi connectivity index (χ3n) is 5.69. The van der Waals surface area contributed by atoms with Crippen LogP contribution in [0.1, 0.15) is 23.5 Å². The average Bonchev–Trinajstić information content (AvgIpc) is 3.15.